The number of aldehydes is 1. The lowest BCUT2D eigenvalue weighted by Gasteiger charge is -2.11. The number of nitriles is 1. The largest absolute Gasteiger partial charge is 0.488 e. The van der Waals surface area contributed by atoms with Crippen molar-refractivity contribution < 1.29 is 9.53 Å². The van der Waals surface area contributed by atoms with Crippen molar-refractivity contribution in [3.63, 3.8) is 0 Å². The van der Waals surface area contributed by atoms with Crippen molar-refractivity contribution in [2.75, 3.05) is 0 Å². The number of nitrogens with zero attached hydrogens (tertiary/aromatic N) is 1. The molecule has 0 heterocycles. The second-order valence-electron chi connectivity index (χ2n) is 4.91. The number of carbonyl (C=O) groups excluding carboxylic acids is 1. The van der Waals surface area contributed by atoms with E-state index in [-0.39, 0.29) is 0 Å². The standard InChI is InChI=1S/C19H13NO2/c20-11-14-5-7-15(8-6-14)13-22-19-10-9-16-3-1-2-4-17(16)18(19)12-21/h1-10,12H,13H2. The molecule has 3 rings (SSSR count). The van der Waals surface area contributed by atoms with Crippen LogP contribution in [0.2, 0.25) is 0 Å². The van der Waals surface area contributed by atoms with Gasteiger partial charge in [0.15, 0.2) is 6.29 Å². The number of rotatable bonds is 4. The summed E-state index contributed by atoms with van der Waals surface area (Å²) < 4.78 is 5.78. The summed E-state index contributed by atoms with van der Waals surface area (Å²) in [5, 5.41) is 10.7. The quantitative estimate of drug-likeness (QED) is 0.679. The van der Waals surface area contributed by atoms with Gasteiger partial charge in [-0.3, -0.25) is 4.79 Å². The zero-order valence-corrected chi connectivity index (χ0v) is 11.8. The summed E-state index contributed by atoms with van der Waals surface area (Å²) in [6.07, 6.45) is 0.830. The fourth-order valence-corrected chi connectivity index (χ4v) is 2.36. The fraction of sp³-hybridized carbons (Fsp3) is 0.0526. The monoisotopic (exact) mass is 287 g/mol. The second-order valence-corrected chi connectivity index (χ2v) is 4.91. The van der Waals surface area contributed by atoms with Crippen LogP contribution in [0.1, 0.15) is 21.5 Å². The molecule has 0 radical (unpaired) electrons. The molecule has 0 N–H and O–H groups in total. The predicted molar refractivity (Wildman–Crippen MR) is 84.8 cm³/mol. The summed E-state index contributed by atoms with van der Waals surface area (Å²) in [5.74, 6) is 0.568. The van der Waals surface area contributed by atoms with Crippen molar-refractivity contribution in [1.29, 1.82) is 5.26 Å². The van der Waals surface area contributed by atoms with Crippen molar-refractivity contribution in [2.45, 2.75) is 6.61 Å². The summed E-state index contributed by atoms with van der Waals surface area (Å²) in [4.78, 5) is 11.4. The average molecular weight is 287 g/mol. The summed E-state index contributed by atoms with van der Waals surface area (Å²) in [7, 11) is 0. The van der Waals surface area contributed by atoms with Gasteiger partial charge in [0, 0.05) is 0 Å². The zero-order valence-electron chi connectivity index (χ0n) is 11.8. The molecule has 0 aliphatic rings. The van der Waals surface area contributed by atoms with Crippen LogP contribution in [-0.2, 0) is 6.61 Å². The molecule has 0 saturated carbocycles. The molecule has 3 heteroatoms. The van der Waals surface area contributed by atoms with Crippen LogP contribution in [0.15, 0.2) is 60.7 Å². The summed E-state index contributed by atoms with van der Waals surface area (Å²) in [6, 6.07) is 20.7. The Bertz CT molecular complexity index is 861. The van der Waals surface area contributed by atoms with E-state index in [1.54, 1.807) is 12.1 Å². The molecule has 0 spiro atoms. The first-order chi connectivity index (χ1) is 10.8. The molecule has 0 atom stereocenters. The van der Waals surface area contributed by atoms with Crippen molar-refractivity contribution in [2.24, 2.45) is 0 Å². The van der Waals surface area contributed by atoms with Crippen LogP contribution in [-0.4, -0.2) is 6.29 Å². The number of hydrogen-bond acceptors (Lipinski definition) is 3. The highest BCUT2D eigenvalue weighted by molar-refractivity contribution is 6.00. The molecular formula is C19H13NO2. The summed E-state index contributed by atoms with van der Waals surface area (Å²) in [6.45, 7) is 0.352. The zero-order chi connectivity index (χ0) is 15.4. The van der Waals surface area contributed by atoms with E-state index in [0.29, 0.717) is 23.5 Å². The Morgan fingerprint density at radius 2 is 1.77 bits per heavy atom. The van der Waals surface area contributed by atoms with E-state index in [0.717, 1.165) is 22.6 Å². The normalized spacial score (nSPS) is 10.1. The number of benzene rings is 3. The number of fused-ring (bicyclic) bond motifs is 1. The van der Waals surface area contributed by atoms with Crippen LogP contribution in [0.5, 0.6) is 5.75 Å². The van der Waals surface area contributed by atoms with Crippen molar-refractivity contribution in [3.8, 4) is 11.8 Å². The van der Waals surface area contributed by atoms with Gasteiger partial charge < -0.3 is 4.74 Å². The van der Waals surface area contributed by atoms with E-state index < -0.39 is 0 Å². The first kappa shape index (κ1) is 13.8. The first-order valence-corrected chi connectivity index (χ1v) is 6.90. The van der Waals surface area contributed by atoms with E-state index >= 15 is 0 Å². The highest BCUT2D eigenvalue weighted by Crippen LogP contribution is 2.27. The molecule has 106 valence electrons. The van der Waals surface area contributed by atoms with Gasteiger partial charge in [-0.1, -0.05) is 42.5 Å². The molecule has 0 bridgehead atoms. The van der Waals surface area contributed by atoms with Crippen LogP contribution in [0.4, 0.5) is 0 Å². The molecule has 0 aliphatic carbocycles. The third-order valence-electron chi connectivity index (χ3n) is 3.53. The maximum Gasteiger partial charge on any atom is 0.154 e. The molecule has 22 heavy (non-hydrogen) atoms. The fourth-order valence-electron chi connectivity index (χ4n) is 2.36. The molecule has 0 unspecified atom stereocenters. The molecule has 3 aromatic carbocycles. The number of carbonyl (C=O) groups is 1. The Morgan fingerprint density at radius 3 is 2.50 bits per heavy atom. The third kappa shape index (κ3) is 2.68. The first-order valence-electron chi connectivity index (χ1n) is 6.90. The number of ether oxygens (including phenoxy) is 1. The molecule has 3 nitrogen and oxygen atoms in total. The van der Waals surface area contributed by atoms with Crippen LogP contribution >= 0.6 is 0 Å². The van der Waals surface area contributed by atoms with Gasteiger partial charge in [0.2, 0.25) is 0 Å². The maximum atomic E-state index is 11.4. The van der Waals surface area contributed by atoms with Crippen molar-refractivity contribution >= 4 is 17.1 Å². The van der Waals surface area contributed by atoms with Gasteiger partial charge in [-0.15, -0.1) is 0 Å². The molecule has 0 aliphatic heterocycles. The minimum absolute atomic E-state index is 0.352. The second kappa shape index (κ2) is 6.11. The van der Waals surface area contributed by atoms with E-state index in [9.17, 15) is 4.79 Å². The van der Waals surface area contributed by atoms with Gasteiger partial charge in [-0.25, -0.2) is 0 Å². The molecule has 0 aromatic heterocycles. The highest BCUT2D eigenvalue weighted by atomic mass is 16.5. The molecule has 0 saturated heterocycles. The summed E-state index contributed by atoms with van der Waals surface area (Å²) >= 11 is 0. The van der Waals surface area contributed by atoms with E-state index in [4.69, 9.17) is 10.00 Å². The van der Waals surface area contributed by atoms with Gasteiger partial charge in [0.25, 0.3) is 0 Å². The smallest absolute Gasteiger partial charge is 0.154 e. The van der Waals surface area contributed by atoms with Crippen LogP contribution in [0.3, 0.4) is 0 Å². The SMILES string of the molecule is N#Cc1ccc(COc2ccc3ccccc3c2C=O)cc1. The average Bonchev–Trinajstić information content (AvgIpc) is 2.59. The predicted octanol–water partition coefficient (Wildman–Crippen LogP) is 4.10. The summed E-state index contributed by atoms with van der Waals surface area (Å²) in [5.41, 5.74) is 2.12. The lowest BCUT2D eigenvalue weighted by molar-refractivity contribution is 0.112. The Balaban J connectivity index is 1.87. The topological polar surface area (TPSA) is 50.1 Å². The molecular weight excluding hydrogens is 274 g/mol. The maximum absolute atomic E-state index is 11.4. The van der Waals surface area contributed by atoms with Gasteiger partial charge in [0.1, 0.15) is 12.4 Å². The Morgan fingerprint density at radius 1 is 1.00 bits per heavy atom. The molecule has 0 amide bonds. The molecule has 3 aromatic rings. The highest BCUT2D eigenvalue weighted by Gasteiger charge is 2.08. The van der Waals surface area contributed by atoms with Gasteiger partial charge in [-0.2, -0.15) is 5.26 Å². The minimum Gasteiger partial charge on any atom is -0.488 e. The lowest BCUT2D eigenvalue weighted by atomic mass is 10.0. The van der Waals surface area contributed by atoms with Gasteiger partial charge in [-0.05, 0) is 34.5 Å². The van der Waals surface area contributed by atoms with Crippen molar-refractivity contribution in [3.05, 3.63) is 77.4 Å². The van der Waals surface area contributed by atoms with E-state index in [1.165, 1.54) is 0 Å². The Hall–Kier alpha value is -3.12. The van der Waals surface area contributed by atoms with Crippen molar-refractivity contribution in [1.82, 2.24) is 0 Å². The minimum atomic E-state index is 0.352. The van der Waals surface area contributed by atoms with Crippen LogP contribution < -0.4 is 4.74 Å². The van der Waals surface area contributed by atoms with Gasteiger partial charge >= 0.3 is 0 Å². The Kier molecular flexibility index (Phi) is 3.84. The van der Waals surface area contributed by atoms with Gasteiger partial charge in [0.05, 0.1) is 17.2 Å². The van der Waals surface area contributed by atoms with Crippen LogP contribution in [0, 0.1) is 11.3 Å². The number of hydrogen-bond donors (Lipinski definition) is 0. The lowest BCUT2D eigenvalue weighted by Crippen LogP contribution is -1.99. The van der Waals surface area contributed by atoms with E-state index in [2.05, 4.69) is 6.07 Å². The van der Waals surface area contributed by atoms with Crippen LogP contribution in [0.25, 0.3) is 10.8 Å². The third-order valence-corrected chi connectivity index (χ3v) is 3.53. The van der Waals surface area contributed by atoms with E-state index in [1.807, 2.05) is 48.5 Å². The Labute approximate surface area is 128 Å². The molecule has 0 fully saturated rings.